The fourth-order valence-corrected chi connectivity index (χ4v) is 3.45. The summed E-state index contributed by atoms with van der Waals surface area (Å²) in [6, 6.07) is 7.89. The Morgan fingerprint density at radius 2 is 1.86 bits per heavy atom. The van der Waals surface area contributed by atoms with E-state index in [1.54, 1.807) is 12.5 Å². The molecule has 0 saturated carbocycles. The van der Waals surface area contributed by atoms with Gasteiger partial charge in [0.05, 0.1) is 17.7 Å². The number of anilines is 1. The van der Waals surface area contributed by atoms with Crippen molar-refractivity contribution < 1.29 is 4.74 Å². The molecular weight excluding hydrogens is 352 g/mol. The molecule has 0 aromatic carbocycles. The zero-order valence-electron chi connectivity index (χ0n) is 16.7. The summed E-state index contributed by atoms with van der Waals surface area (Å²) in [7, 11) is 0. The van der Waals surface area contributed by atoms with Gasteiger partial charge >= 0.3 is 0 Å². The first-order valence-corrected chi connectivity index (χ1v) is 9.78. The highest BCUT2D eigenvalue weighted by Gasteiger charge is 2.23. The van der Waals surface area contributed by atoms with E-state index in [4.69, 9.17) is 4.74 Å². The normalized spacial score (nSPS) is 15.8. The van der Waals surface area contributed by atoms with Crippen LogP contribution in [0, 0.1) is 5.92 Å². The van der Waals surface area contributed by atoms with Gasteiger partial charge in [-0.05, 0) is 37.0 Å². The van der Waals surface area contributed by atoms with Gasteiger partial charge in [-0.25, -0.2) is 15.0 Å². The molecule has 7 heteroatoms. The van der Waals surface area contributed by atoms with Crippen LogP contribution in [0.5, 0.6) is 5.88 Å². The van der Waals surface area contributed by atoms with Crippen LogP contribution in [-0.2, 0) is 5.41 Å². The van der Waals surface area contributed by atoms with Gasteiger partial charge in [0.2, 0.25) is 5.88 Å². The van der Waals surface area contributed by atoms with Gasteiger partial charge in [-0.3, -0.25) is 0 Å². The van der Waals surface area contributed by atoms with E-state index in [2.05, 4.69) is 50.8 Å². The number of hydrogen-bond acceptors (Lipinski definition) is 7. The van der Waals surface area contributed by atoms with Crippen LogP contribution in [0.15, 0.2) is 36.8 Å². The lowest BCUT2D eigenvalue weighted by molar-refractivity contribution is 0.213. The van der Waals surface area contributed by atoms with Crippen molar-refractivity contribution in [1.29, 1.82) is 0 Å². The standard InChI is InChI=1S/C21H26N6O/c1-21(2,3)17-6-7-18(26-25-17)28-13-15-8-11-27(12-9-15)20-16-5-4-10-22-19(16)23-14-24-20/h4-7,10,14-15H,8-9,11-13H2,1-3H3. The number of rotatable bonds is 4. The van der Waals surface area contributed by atoms with Gasteiger partial charge in [-0.15, -0.1) is 5.10 Å². The average molecular weight is 378 g/mol. The van der Waals surface area contributed by atoms with Crippen LogP contribution < -0.4 is 9.64 Å². The van der Waals surface area contributed by atoms with Crippen molar-refractivity contribution in [3.63, 3.8) is 0 Å². The Hall–Kier alpha value is -2.83. The predicted molar refractivity (Wildman–Crippen MR) is 108 cm³/mol. The molecule has 0 atom stereocenters. The maximum atomic E-state index is 5.90. The SMILES string of the molecule is CC(C)(C)c1ccc(OCC2CCN(c3ncnc4ncccc34)CC2)nn1. The lowest BCUT2D eigenvalue weighted by Gasteiger charge is -2.33. The van der Waals surface area contributed by atoms with Crippen LogP contribution in [0.25, 0.3) is 11.0 Å². The molecule has 3 aromatic rings. The largest absolute Gasteiger partial charge is 0.476 e. The van der Waals surface area contributed by atoms with Crippen molar-refractivity contribution in [1.82, 2.24) is 25.1 Å². The first-order chi connectivity index (χ1) is 13.5. The lowest BCUT2D eigenvalue weighted by atomic mass is 9.92. The van der Waals surface area contributed by atoms with Crippen molar-refractivity contribution >= 4 is 16.9 Å². The third-order valence-corrected chi connectivity index (χ3v) is 5.18. The summed E-state index contributed by atoms with van der Waals surface area (Å²) in [6.07, 6.45) is 5.47. The van der Waals surface area contributed by atoms with Gasteiger partial charge in [0.25, 0.3) is 0 Å². The van der Waals surface area contributed by atoms with Crippen molar-refractivity contribution in [2.75, 3.05) is 24.6 Å². The highest BCUT2D eigenvalue weighted by Crippen LogP contribution is 2.27. The van der Waals surface area contributed by atoms with Gasteiger partial charge < -0.3 is 9.64 Å². The maximum absolute atomic E-state index is 5.90. The number of pyridine rings is 1. The topological polar surface area (TPSA) is 76.9 Å². The highest BCUT2D eigenvalue weighted by atomic mass is 16.5. The van der Waals surface area contributed by atoms with E-state index < -0.39 is 0 Å². The number of aromatic nitrogens is 5. The van der Waals surface area contributed by atoms with E-state index >= 15 is 0 Å². The Kier molecular flexibility index (Phi) is 5.07. The first-order valence-electron chi connectivity index (χ1n) is 9.78. The smallest absolute Gasteiger partial charge is 0.233 e. The van der Waals surface area contributed by atoms with Crippen molar-refractivity contribution in [2.24, 2.45) is 5.92 Å². The van der Waals surface area contributed by atoms with Crippen molar-refractivity contribution in [2.45, 2.75) is 39.0 Å². The number of nitrogens with zero attached hydrogens (tertiary/aromatic N) is 6. The van der Waals surface area contributed by atoms with Crippen LogP contribution in [-0.4, -0.2) is 44.8 Å². The summed E-state index contributed by atoms with van der Waals surface area (Å²) in [5.74, 6) is 2.08. The van der Waals surface area contributed by atoms with E-state index in [0.29, 0.717) is 18.4 Å². The minimum absolute atomic E-state index is 0.000948. The molecule has 0 radical (unpaired) electrons. The summed E-state index contributed by atoms with van der Waals surface area (Å²) >= 11 is 0. The fourth-order valence-electron chi connectivity index (χ4n) is 3.45. The third-order valence-electron chi connectivity index (χ3n) is 5.18. The zero-order valence-corrected chi connectivity index (χ0v) is 16.7. The Balaban J connectivity index is 1.33. The monoisotopic (exact) mass is 378 g/mol. The molecule has 146 valence electrons. The number of ether oxygens (including phenoxy) is 1. The van der Waals surface area contributed by atoms with Crippen LogP contribution in [0.1, 0.15) is 39.3 Å². The molecule has 1 fully saturated rings. The van der Waals surface area contributed by atoms with Gasteiger partial charge in [-0.1, -0.05) is 20.8 Å². The molecule has 0 spiro atoms. The summed E-state index contributed by atoms with van der Waals surface area (Å²) in [4.78, 5) is 15.4. The summed E-state index contributed by atoms with van der Waals surface area (Å²) in [6.45, 7) is 8.95. The van der Waals surface area contributed by atoms with Crippen LogP contribution >= 0.6 is 0 Å². The predicted octanol–water partition coefficient (Wildman–Crippen LogP) is 3.41. The van der Waals surface area contributed by atoms with E-state index in [1.807, 2.05) is 24.3 Å². The average Bonchev–Trinajstić information content (AvgIpc) is 2.72. The molecule has 0 bridgehead atoms. The molecular formula is C21H26N6O. The fraction of sp³-hybridized carbons (Fsp3) is 0.476. The molecule has 1 aliphatic heterocycles. The highest BCUT2D eigenvalue weighted by molar-refractivity contribution is 5.86. The Morgan fingerprint density at radius 1 is 1.04 bits per heavy atom. The molecule has 0 aliphatic carbocycles. The van der Waals surface area contributed by atoms with Crippen molar-refractivity contribution in [3.8, 4) is 5.88 Å². The summed E-state index contributed by atoms with van der Waals surface area (Å²) < 4.78 is 5.90. The first kappa shape index (κ1) is 18.5. The second-order valence-electron chi connectivity index (χ2n) is 8.32. The quantitative estimate of drug-likeness (QED) is 0.688. The van der Waals surface area contributed by atoms with Crippen LogP contribution in [0.3, 0.4) is 0 Å². The minimum atomic E-state index is -0.000948. The molecule has 4 heterocycles. The van der Waals surface area contributed by atoms with Crippen molar-refractivity contribution in [3.05, 3.63) is 42.5 Å². The summed E-state index contributed by atoms with van der Waals surface area (Å²) in [5.41, 5.74) is 1.72. The van der Waals surface area contributed by atoms with Crippen LogP contribution in [0.2, 0.25) is 0 Å². The molecule has 1 aliphatic rings. The molecule has 4 rings (SSSR count). The molecule has 3 aromatic heterocycles. The lowest BCUT2D eigenvalue weighted by Crippen LogP contribution is -2.36. The minimum Gasteiger partial charge on any atom is -0.476 e. The molecule has 28 heavy (non-hydrogen) atoms. The van der Waals surface area contributed by atoms with Gasteiger partial charge in [0, 0.05) is 30.8 Å². The number of hydrogen-bond donors (Lipinski definition) is 0. The van der Waals surface area contributed by atoms with Gasteiger partial charge in [0.1, 0.15) is 12.1 Å². The van der Waals surface area contributed by atoms with Gasteiger partial charge in [0.15, 0.2) is 5.65 Å². The zero-order chi connectivity index (χ0) is 19.6. The Labute approximate surface area is 165 Å². The molecule has 0 amide bonds. The molecule has 7 nitrogen and oxygen atoms in total. The number of piperidine rings is 1. The second-order valence-corrected chi connectivity index (χ2v) is 8.32. The van der Waals surface area contributed by atoms with Gasteiger partial charge in [-0.2, -0.15) is 5.10 Å². The molecule has 1 saturated heterocycles. The summed E-state index contributed by atoms with van der Waals surface area (Å²) in [5, 5.41) is 9.52. The van der Waals surface area contributed by atoms with E-state index in [1.165, 1.54) is 0 Å². The maximum Gasteiger partial charge on any atom is 0.233 e. The molecule has 0 unspecified atom stereocenters. The molecule has 0 N–H and O–H groups in total. The second kappa shape index (κ2) is 7.66. The van der Waals surface area contributed by atoms with E-state index in [0.717, 1.165) is 48.5 Å². The Bertz CT molecular complexity index is 924. The van der Waals surface area contributed by atoms with Crippen LogP contribution in [0.4, 0.5) is 5.82 Å². The van der Waals surface area contributed by atoms with E-state index in [-0.39, 0.29) is 5.41 Å². The Morgan fingerprint density at radius 3 is 2.57 bits per heavy atom. The number of fused-ring (bicyclic) bond motifs is 1. The van der Waals surface area contributed by atoms with E-state index in [9.17, 15) is 0 Å². The third kappa shape index (κ3) is 4.03.